The molecular weight excluding hydrogens is 242 g/mol. The van der Waals surface area contributed by atoms with Crippen LogP contribution in [0.25, 0.3) is 0 Å². The number of rotatable bonds is 5. The summed E-state index contributed by atoms with van der Waals surface area (Å²) in [4.78, 5) is 0.263. The molecular formula is C11H17NO2S2. The number of hydrogen-bond acceptors (Lipinski definition) is 4. The molecule has 3 nitrogen and oxygen atoms in total. The van der Waals surface area contributed by atoms with Crippen LogP contribution >= 0.6 is 11.8 Å². The van der Waals surface area contributed by atoms with E-state index >= 15 is 0 Å². The first-order valence-electron chi connectivity index (χ1n) is 5.05. The van der Waals surface area contributed by atoms with Crippen LogP contribution in [0.4, 0.5) is 5.69 Å². The highest BCUT2D eigenvalue weighted by molar-refractivity contribution is 7.98. The maximum atomic E-state index is 11.9. The first-order chi connectivity index (χ1) is 7.47. The van der Waals surface area contributed by atoms with Gasteiger partial charge in [0, 0.05) is 0 Å². The average Bonchev–Trinajstić information content (AvgIpc) is 2.17. The van der Waals surface area contributed by atoms with Crippen molar-refractivity contribution in [2.75, 3.05) is 23.5 Å². The van der Waals surface area contributed by atoms with Gasteiger partial charge in [0.2, 0.25) is 0 Å². The van der Waals surface area contributed by atoms with Gasteiger partial charge in [-0.15, -0.1) is 0 Å². The van der Waals surface area contributed by atoms with E-state index in [1.807, 2.05) is 13.2 Å². The Morgan fingerprint density at radius 3 is 2.62 bits per heavy atom. The molecule has 1 rings (SSSR count). The van der Waals surface area contributed by atoms with Gasteiger partial charge in [0.1, 0.15) is 0 Å². The van der Waals surface area contributed by atoms with Crippen LogP contribution < -0.4 is 5.73 Å². The second kappa shape index (κ2) is 5.59. The van der Waals surface area contributed by atoms with E-state index in [1.54, 1.807) is 30.0 Å². The normalized spacial score (nSPS) is 11.6. The third-order valence-corrected chi connectivity index (χ3v) is 4.83. The first-order valence-corrected chi connectivity index (χ1v) is 8.10. The largest absolute Gasteiger partial charge is 0.398 e. The van der Waals surface area contributed by atoms with E-state index in [1.165, 1.54) is 0 Å². The van der Waals surface area contributed by atoms with Gasteiger partial charge < -0.3 is 5.73 Å². The van der Waals surface area contributed by atoms with E-state index in [4.69, 9.17) is 5.73 Å². The minimum atomic E-state index is -3.22. The molecule has 0 aromatic heterocycles. The highest BCUT2D eigenvalue weighted by Gasteiger charge is 2.16. The van der Waals surface area contributed by atoms with Crippen LogP contribution in [0.3, 0.4) is 0 Å². The molecule has 1 aromatic carbocycles. The van der Waals surface area contributed by atoms with Crippen molar-refractivity contribution in [3.8, 4) is 0 Å². The molecule has 0 heterocycles. The fourth-order valence-corrected chi connectivity index (χ4v) is 3.51. The average molecular weight is 259 g/mol. The molecule has 0 aliphatic heterocycles. The zero-order chi connectivity index (χ0) is 12.2. The molecule has 0 aliphatic carbocycles. The molecule has 0 saturated heterocycles. The van der Waals surface area contributed by atoms with Crippen LogP contribution in [0.15, 0.2) is 23.1 Å². The lowest BCUT2D eigenvalue weighted by Gasteiger charge is -2.07. The van der Waals surface area contributed by atoms with Crippen molar-refractivity contribution in [3.05, 3.63) is 23.8 Å². The van der Waals surface area contributed by atoms with Crippen molar-refractivity contribution in [2.45, 2.75) is 18.2 Å². The molecule has 0 unspecified atom stereocenters. The lowest BCUT2D eigenvalue weighted by Crippen LogP contribution is -2.10. The number of benzene rings is 1. The number of anilines is 1. The highest BCUT2D eigenvalue weighted by Crippen LogP contribution is 2.21. The molecule has 2 N–H and O–H groups in total. The Hall–Kier alpha value is -0.680. The Morgan fingerprint density at radius 1 is 1.38 bits per heavy atom. The molecule has 0 amide bonds. The number of thioether (sulfide) groups is 1. The van der Waals surface area contributed by atoms with Crippen LogP contribution in [0.2, 0.25) is 0 Å². The maximum Gasteiger partial charge on any atom is 0.180 e. The van der Waals surface area contributed by atoms with E-state index in [2.05, 4.69) is 0 Å². The zero-order valence-corrected chi connectivity index (χ0v) is 11.2. The molecule has 0 atom stereocenters. The van der Waals surface area contributed by atoms with Crippen LogP contribution in [-0.4, -0.2) is 26.2 Å². The minimum absolute atomic E-state index is 0.168. The fraction of sp³-hybridized carbons (Fsp3) is 0.455. The number of nitrogens with two attached hydrogens (primary N) is 1. The van der Waals surface area contributed by atoms with Crippen molar-refractivity contribution in [1.29, 1.82) is 0 Å². The second-order valence-corrected chi connectivity index (χ2v) is 6.77. The van der Waals surface area contributed by atoms with Gasteiger partial charge in [-0.05, 0) is 43.0 Å². The Labute approximate surface area is 101 Å². The van der Waals surface area contributed by atoms with Gasteiger partial charge in [-0.1, -0.05) is 6.07 Å². The Bertz CT molecular complexity index is 455. The second-order valence-electron chi connectivity index (χ2n) is 3.71. The Morgan fingerprint density at radius 2 is 2.06 bits per heavy atom. The molecule has 0 bridgehead atoms. The topological polar surface area (TPSA) is 60.2 Å². The summed E-state index contributed by atoms with van der Waals surface area (Å²) in [5.41, 5.74) is 7.05. The molecule has 0 fully saturated rings. The lowest BCUT2D eigenvalue weighted by molar-refractivity contribution is 0.595. The lowest BCUT2D eigenvalue weighted by atomic mass is 10.2. The van der Waals surface area contributed by atoms with Crippen molar-refractivity contribution in [3.63, 3.8) is 0 Å². The van der Waals surface area contributed by atoms with Crippen molar-refractivity contribution >= 4 is 27.3 Å². The fourth-order valence-electron chi connectivity index (χ4n) is 1.45. The molecule has 5 heteroatoms. The summed E-state index contributed by atoms with van der Waals surface area (Å²) in [6, 6.07) is 5.07. The van der Waals surface area contributed by atoms with Gasteiger partial charge in [-0.3, -0.25) is 0 Å². The molecule has 90 valence electrons. The summed E-state index contributed by atoms with van der Waals surface area (Å²) >= 11 is 1.65. The van der Waals surface area contributed by atoms with Crippen molar-refractivity contribution in [1.82, 2.24) is 0 Å². The zero-order valence-electron chi connectivity index (χ0n) is 9.56. The predicted molar refractivity (Wildman–Crippen MR) is 70.6 cm³/mol. The third kappa shape index (κ3) is 3.42. The molecule has 0 saturated carbocycles. The Kier molecular flexibility index (Phi) is 4.68. The third-order valence-electron chi connectivity index (χ3n) is 2.26. The van der Waals surface area contributed by atoms with E-state index < -0.39 is 9.84 Å². The molecule has 1 aromatic rings. The van der Waals surface area contributed by atoms with Crippen LogP contribution in [0.5, 0.6) is 0 Å². The highest BCUT2D eigenvalue weighted by atomic mass is 32.2. The molecule has 0 spiro atoms. The standard InChI is InChI=1S/C11H17NO2S2/c1-9-4-5-11(10(12)8-9)16(13,14)7-3-6-15-2/h4-5,8H,3,6-7,12H2,1-2H3. The Balaban J connectivity index is 2.90. The van der Waals surface area contributed by atoms with Gasteiger partial charge in [-0.25, -0.2) is 8.42 Å². The smallest absolute Gasteiger partial charge is 0.180 e. The number of aryl methyl sites for hydroxylation is 1. The number of sulfone groups is 1. The first kappa shape index (κ1) is 13.4. The van der Waals surface area contributed by atoms with Gasteiger partial charge in [0.05, 0.1) is 16.3 Å². The van der Waals surface area contributed by atoms with Gasteiger partial charge in [-0.2, -0.15) is 11.8 Å². The summed E-state index contributed by atoms with van der Waals surface area (Å²) in [6.45, 7) is 1.89. The van der Waals surface area contributed by atoms with Crippen LogP contribution in [-0.2, 0) is 9.84 Å². The van der Waals surface area contributed by atoms with E-state index in [0.29, 0.717) is 12.1 Å². The van der Waals surface area contributed by atoms with Crippen molar-refractivity contribution in [2.24, 2.45) is 0 Å². The quantitative estimate of drug-likeness (QED) is 0.650. The molecule has 16 heavy (non-hydrogen) atoms. The monoisotopic (exact) mass is 259 g/mol. The van der Waals surface area contributed by atoms with Gasteiger partial charge in [0.25, 0.3) is 0 Å². The van der Waals surface area contributed by atoms with Gasteiger partial charge >= 0.3 is 0 Å². The van der Waals surface area contributed by atoms with Gasteiger partial charge in [0.15, 0.2) is 9.84 Å². The maximum absolute atomic E-state index is 11.9. The SMILES string of the molecule is CSCCCS(=O)(=O)c1ccc(C)cc1N. The number of nitrogen functional groups attached to an aromatic ring is 1. The minimum Gasteiger partial charge on any atom is -0.398 e. The predicted octanol–water partition coefficient (Wildman–Crippen LogP) is 2.10. The van der Waals surface area contributed by atoms with E-state index in [-0.39, 0.29) is 10.6 Å². The summed E-state index contributed by atoms with van der Waals surface area (Å²) in [7, 11) is -3.22. The molecule has 0 radical (unpaired) electrons. The van der Waals surface area contributed by atoms with E-state index in [0.717, 1.165) is 11.3 Å². The van der Waals surface area contributed by atoms with Crippen LogP contribution in [0.1, 0.15) is 12.0 Å². The van der Waals surface area contributed by atoms with Crippen molar-refractivity contribution < 1.29 is 8.42 Å². The summed E-state index contributed by atoms with van der Waals surface area (Å²) in [5, 5.41) is 0. The summed E-state index contributed by atoms with van der Waals surface area (Å²) in [5.74, 6) is 1.02. The van der Waals surface area contributed by atoms with E-state index in [9.17, 15) is 8.42 Å². The molecule has 0 aliphatic rings. The summed E-state index contributed by atoms with van der Waals surface area (Å²) < 4.78 is 23.9. The van der Waals surface area contributed by atoms with Crippen LogP contribution in [0, 0.1) is 6.92 Å². The number of hydrogen-bond donors (Lipinski definition) is 1. The summed E-state index contributed by atoms with van der Waals surface area (Å²) in [6.07, 6.45) is 2.63.